The predicted octanol–water partition coefficient (Wildman–Crippen LogP) is 3.55. The monoisotopic (exact) mass is 464 g/mol. The maximum absolute atomic E-state index is 14.2. The molecular formula is C25H22F2N4O3. The van der Waals surface area contributed by atoms with Gasteiger partial charge in [-0.05, 0) is 49.6 Å². The number of hydrogen-bond donors (Lipinski definition) is 2. The second kappa shape index (κ2) is 7.46. The Morgan fingerprint density at radius 1 is 1.12 bits per heavy atom. The fraction of sp³-hybridized carbons (Fsp3) is 0.320. The fourth-order valence-electron chi connectivity index (χ4n) is 5.41. The van der Waals surface area contributed by atoms with Crippen molar-refractivity contribution >= 4 is 22.5 Å². The molecule has 7 nitrogen and oxygen atoms in total. The van der Waals surface area contributed by atoms with Crippen molar-refractivity contribution in [3.63, 3.8) is 0 Å². The molecule has 1 saturated carbocycles. The highest BCUT2D eigenvalue weighted by molar-refractivity contribution is 5.99. The third-order valence-corrected chi connectivity index (χ3v) is 7.20. The number of aromatic nitrogens is 3. The van der Waals surface area contributed by atoms with Gasteiger partial charge in [0.1, 0.15) is 23.0 Å². The number of hydrogen-bond acceptors (Lipinski definition) is 4. The summed E-state index contributed by atoms with van der Waals surface area (Å²) in [5.74, 6) is -0.962. The molecule has 2 aromatic carbocycles. The molecule has 2 aromatic heterocycles. The van der Waals surface area contributed by atoms with Crippen LogP contribution in [0.2, 0.25) is 0 Å². The molecule has 3 heterocycles. The Balaban J connectivity index is 1.45. The van der Waals surface area contributed by atoms with E-state index in [9.17, 15) is 23.5 Å². The van der Waals surface area contributed by atoms with Crippen molar-refractivity contribution in [2.75, 3.05) is 0 Å². The summed E-state index contributed by atoms with van der Waals surface area (Å²) in [6.45, 7) is 1.75. The Morgan fingerprint density at radius 3 is 2.47 bits per heavy atom. The first-order valence-corrected chi connectivity index (χ1v) is 11.3. The number of aliphatic hydroxyl groups excluding tert-OH is 1. The number of imidazole rings is 1. The Labute approximate surface area is 192 Å². The summed E-state index contributed by atoms with van der Waals surface area (Å²) in [6, 6.07) is 5.56. The SMILES string of the molecule is Cc1cc2c(cc1C(=O)N1Cc3c(F)ccc(F)c3C1)[nH]c(=O)c1cnc([C@@H]3CCC[C@@H]3O)n12. The molecule has 2 N–H and O–H groups in total. The van der Waals surface area contributed by atoms with Gasteiger partial charge in [0.2, 0.25) is 0 Å². The number of H-pyrrole nitrogens is 1. The highest BCUT2D eigenvalue weighted by atomic mass is 19.1. The third kappa shape index (κ3) is 3.00. The van der Waals surface area contributed by atoms with Crippen molar-refractivity contribution in [1.29, 1.82) is 0 Å². The maximum atomic E-state index is 14.2. The van der Waals surface area contributed by atoms with Gasteiger partial charge in [-0.15, -0.1) is 0 Å². The smallest absolute Gasteiger partial charge is 0.274 e. The first-order valence-electron chi connectivity index (χ1n) is 11.3. The van der Waals surface area contributed by atoms with Crippen LogP contribution in [0.3, 0.4) is 0 Å². The summed E-state index contributed by atoms with van der Waals surface area (Å²) in [4.78, 5) is 34.8. The Kier molecular flexibility index (Phi) is 4.60. The molecule has 9 heteroatoms. The highest BCUT2D eigenvalue weighted by Crippen LogP contribution is 2.35. The molecule has 0 radical (unpaired) electrons. The van der Waals surface area contributed by atoms with Gasteiger partial charge in [-0.1, -0.05) is 6.42 Å². The number of carbonyl (C=O) groups excluding carboxylic acids is 1. The molecule has 174 valence electrons. The number of nitrogens with one attached hydrogen (secondary N) is 1. The van der Waals surface area contributed by atoms with Crippen LogP contribution in [-0.4, -0.2) is 36.4 Å². The van der Waals surface area contributed by atoms with Crippen LogP contribution in [0.25, 0.3) is 16.6 Å². The normalized spacial score (nSPS) is 19.9. The standard InChI is InChI=1S/C25H22F2N4O3/c1-12-7-20-19(29-24(33)21-9-28-23(31(20)21)13-3-2-4-22(13)32)8-14(12)25(34)30-10-15-16(11-30)18(27)6-5-17(15)26/h5-9,13,22,32H,2-4,10-11H2,1H3,(H,29,33)/t13-,22+/m1/s1. The first-order chi connectivity index (χ1) is 16.3. The summed E-state index contributed by atoms with van der Waals surface area (Å²) in [5.41, 5.74) is 2.55. The second-order valence-corrected chi connectivity index (χ2v) is 9.23. The van der Waals surface area contributed by atoms with Gasteiger partial charge in [-0.2, -0.15) is 0 Å². The number of nitrogens with zero attached hydrogens (tertiary/aromatic N) is 3. The van der Waals surface area contributed by atoms with Gasteiger partial charge < -0.3 is 15.0 Å². The number of benzene rings is 2. The number of aryl methyl sites for hydroxylation is 1. The van der Waals surface area contributed by atoms with E-state index in [-0.39, 0.29) is 41.6 Å². The molecule has 0 bridgehead atoms. The Bertz CT molecular complexity index is 1530. The summed E-state index contributed by atoms with van der Waals surface area (Å²) in [7, 11) is 0. The van der Waals surface area contributed by atoms with E-state index in [0.29, 0.717) is 39.9 Å². The number of fused-ring (bicyclic) bond motifs is 4. The third-order valence-electron chi connectivity index (χ3n) is 7.20. The highest BCUT2D eigenvalue weighted by Gasteiger charge is 2.32. The molecule has 1 aliphatic heterocycles. The molecule has 1 amide bonds. The summed E-state index contributed by atoms with van der Waals surface area (Å²) in [6.07, 6.45) is 3.36. The zero-order valence-electron chi connectivity index (χ0n) is 18.4. The van der Waals surface area contributed by atoms with Gasteiger partial charge in [0.15, 0.2) is 0 Å². The van der Waals surface area contributed by atoms with E-state index in [0.717, 1.165) is 25.0 Å². The lowest BCUT2D eigenvalue weighted by Gasteiger charge is -2.18. The average molecular weight is 464 g/mol. The molecule has 2 aliphatic rings. The zero-order valence-corrected chi connectivity index (χ0v) is 18.4. The first kappa shape index (κ1) is 21.0. The number of rotatable bonds is 2. The molecule has 1 fully saturated rings. The molecule has 2 atom stereocenters. The van der Waals surface area contributed by atoms with Gasteiger partial charge in [0.05, 0.1) is 23.3 Å². The number of carbonyl (C=O) groups is 1. The minimum absolute atomic E-state index is 0.0178. The van der Waals surface area contributed by atoms with E-state index in [1.54, 1.807) is 17.4 Å². The van der Waals surface area contributed by atoms with Crippen molar-refractivity contribution in [3.8, 4) is 0 Å². The lowest BCUT2D eigenvalue weighted by molar-refractivity contribution is 0.0749. The van der Waals surface area contributed by atoms with Gasteiger partial charge in [-0.25, -0.2) is 13.8 Å². The lowest BCUT2D eigenvalue weighted by Crippen LogP contribution is -2.26. The molecule has 34 heavy (non-hydrogen) atoms. The molecule has 0 spiro atoms. The van der Waals surface area contributed by atoms with E-state index in [1.807, 2.05) is 6.07 Å². The number of aromatic amines is 1. The van der Waals surface area contributed by atoms with Crippen LogP contribution in [0.4, 0.5) is 8.78 Å². The van der Waals surface area contributed by atoms with Gasteiger partial charge in [-0.3, -0.25) is 14.0 Å². The molecule has 6 rings (SSSR count). The Hall–Kier alpha value is -3.59. The van der Waals surface area contributed by atoms with Crippen molar-refractivity contribution in [1.82, 2.24) is 19.3 Å². The van der Waals surface area contributed by atoms with Gasteiger partial charge in [0, 0.05) is 35.7 Å². The molecular weight excluding hydrogens is 442 g/mol. The van der Waals surface area contributed by atoms with E-state index < -0.39 is 17.7 Å². The van der Waals surface area contributed by atoms with Gasteiger partial charge >= 0.3 is 0 Å². The average Bonchev–Trinajstić information content (AvgIpc) is 3.54. The van der Waals surface area contributed by atoms with Crippen LogP contribution in [0, 0.1) is 18.6 Å². The number of halogens is 2. The number of amides is 1. The van der Waals surface area contributed by atoms with Crippen molar-refractivity contribution < 1.29 is 18.7 Å². The van der Waals surface area contributed by atoms with Crippen LogP contribution in [0.1, 0.15) is 58.1 Å². The molecule has 0 saturated heterocycles. The summed E-state index contributed by atoms with van der Waals surface area (Å²) < 4.78 is 30.1. The van der Waals surface area contributed by atoms with Crippen LogP contribution >= 0.6 is 0 Å². The minimum atomic E-state index is -0.532. The summed E-state index contributed by atoms with van der Waals surface area (Å²) in [5, 5.41) is 10.4. The van der Waals surface area contributed by atoms with Crippen LogP contribution in [0.15, 0.2) is 35.3 Å². The second-order valence-electron chi connectivity index (χ2n) is 9.23. The predicted molar refractivity (Wildman–Crippen MR) is 121 cm³/mol. The minimum Gasteiger partial charge on any atom is -0.392 e. The quantitative estimate of drug-likeness (QED) is 0.475. The topological polar surface area (TPSA) is 90.7 Å². The zero-order chi connectivity index (χ0) is 23.7. The molecule has 1 aliphatic carbocycles. The van der Waals surface area contributed by atoms with E-state index in [2.05, 4.69) is 9.97 Å². The van der Waals surface area contributed by atoms with Crippen LogP contribution < -0.4 is 5.56 Å². The van der Waals surface area contributed by atoms with Gasteiger partial charge in [0.25, 0.3) is 11.5 Å². The van der Waals surface area contributed by atoms with E-state index >= 15 is 0 Å². The van der Waals surface area contributed by atoms with Crippen LogP contribution in [-0.2, 0) is 13.1 Å². The molecule has 0 unspecified atom stereocenters. The largest absolute Gasteiger partial charge is 0.392 e. The number of aliphatic hydroxyl groups is 1. The maximum Gasteiger partial charge on any atom is 0.274 e. The van der Waals surface area contributed by atoms with E-state index in [4.69, 9.17) is 0 Å². The molecule has 4 aromatic rings. The van der Waals surface area contributed by atoms with Crippen molar-refractivity contribution in [2.24, 2.45) is 0 Å². The van der Waals surface area contributed by atoms with E-state index in [1.165, 1.54) is 11.1 Å². The van der Waals surface area contributed by atoms with Crippen molar-refractivity contribution in [3.05, 3.63) is 80.5 Å². The fourth-order valence-corrected chi connectivity index (χ4v) is 5.41. The Morgan fingerprint density at radius 2 is 1.82 bits per heavy atom. The van der Waals surface area contributed by atoms with Crippen LogP contribution in [0.5, 0.6) is 0 Å². The summed E-state index contributed by atoms with van der Waals surface area (Å²) >= 11 is 0. The lowest BCUT2D eigenvalue weighted by atomic mass is 10.0. The van der Waals surface area contributed by atoms with Crippen molar-refractivity contribution in [2.45, 2.75) is 51.3 Å².